The summed E-state index contributed by atoms with van der Waals surface area (Å²) in [6, 6.07) is 0. The normalized spacial score (nSPS) is 33.1. The zero-order valence-electron chi connectivity index (χ0n) is 9.94. The predicted molar refractivity (Wildman–Crippen MR) is 66.3 cm³/mol. The van der Waals surface area contributed by atoms with Crippen LogP contribution in [0.5, 0.6) is 0 Å². The Bertz CT molecular complexity index is 350. The molecule has 4 heteroatoms. The third kappa shape index (κ3) is 1.90. The van der Waals surface area contributed by atoms with Crippen molar-refractivity contribution in [3.63, 3.8) is 0 Å². The number of thiazole rings is 1. The first-order valence-corrected chi connectivity index (χ1v) is 6.64. The van der Waals surface area contributed by atoms with Gasteiger partial charge in [0.1, 0.15) is 0 Å². The molecule has 0 bridgehead atoms. The van der Waals surface area contributed by atoms with E-state index in [1.165, 1.54) is 4.88 Å². The summed E-state index contributed by atoms with van der Waals surface area (Å²) in [5.41, 5.74) is 7.61. The molecule has 1 fully saturated rings. The molecule has 0 radical (unpaired) electrons. The Kier molecular flexibility index (Phi) is 3.07. The molecular weight excluding hydrogens is 220 g/mol. The fraction of sp³-hybridized carbons (Fsp3) is 0.750. The second-order valence-electron chi connectivity index (χ2n) is 5.60. The van der Waals surface area contributed by atoms with Crippen LogP contribution in [-0.4, -0.2) is 22.7 Å². The van der Waals surface area contributed by atoms with Gasteiger partial charge in [0.25, 0.3) is 0 Å². The number of hydrogen-bond acceptors (Lipinski definition) is 4. The van der Waals surface area contributed by atoms with Gasteiger partial charge in [-0.15, -0.1) is 11.3 Å². The molecule has 0 aromatic carbocycles. The zero-order valence-corrected chi connectivity index (χ0v) is 10.8. The van der Waals surface area contributed by atoms with Gasteiger partial charge < -0.3 is 10.8 Å². The average molecular weight is 240 g/mol. The van der Waals surface area contributed by atoms with Crippen molar-refractivity contribution in [2.45, 2.75) is 39.2 Å². The summed E-state index contributed by atoms with van der Waals surface area (Å²) < 4.78 is 0. The van der Waals surface area contributed by atoms with E-state index in [-0.39, 0.29) is 16.9 Å². The van der Waals surface area contributed by atoms with Crippen LogP contribution in [0.15, 0.2) is 11.7 Å². The van der Waals surface area contributed by atoms with Crippen molar-refractivity contribution in [2.75, 3.05) is 6.54 Å². The molecule has 1 aromatic heterocycles. The summed E-state index contributed by atoms with van der Waals surface area (Å²) in [5.74, 6) is 0. The van der Waals surface area contributed by atoms with Gasteiger partial charge in [0.05, 0.1) is 11.6 Å². The van der Waals surface area contributed by atoms with E-state index in [2.05, 4.69) is 18.8 Å². The van der Waals surface area contributed by atoms with Gasteiger partial charge in [0.15, 0.2) is 0 Å². The maximum absolute atomic E-state index is 10.5. The van der Waals surface area contributed by atoms with E-state index >= 15 is 0 Å². The highest BCUT2D eigenvalue weighted by atomic mass is 32.1. The number of nitrogens with zero attached hydrogens (tertiary/aromatic N) is 1. The third-order valence-electron chi connectivity index (χ3n) is 4.00. The van der Waals surface area contributed by atoms with Gasteiger partial charge in [-0.25, -0.2) is 0 Å². The number of aliphatic hydroxyl groups is 1. The molecule has 1 heterocycles. The SMILES string of the molecule is CC1(C)CCC(CN)(Cc2cncs2)C1O. The average Bonchev–Trinajstić information content (AvgIpc) is 2.82. The Morgan fingerprint density at radius 2 is 2.31 bits per heavy atom. The van der Waals surface area contributed by atoms with E-state index in [1.807, 2.05) is 11.7 Å². The Hall–Kier alpha value is -0.450. The van der Waals surface area contributed by atoms with Crippen molar-refractivity contribution >= 4 is 11.3 Å². The maximum Gasteiger partial charge on any atom is 0.0794 e. The van der Waals surface area contributed by atoms with Crippen LogP contribution in [0.2, 0.25) is 0 Å². The quantitative estimate of drug-likeness (QED) is 0.847. The van der Waals surface area contributed by atoms with Crippen molar-refractivity contribution in [2.24, 2.45) is 16.6 Å². The van der Waals surface area contributed by atoms with Crippen molar-refractivity contribution in [1.29, 1.82) is 0 Å². The van der Waals surface area contributed by atoms with Crippen LogP contribution in [0, 0.1) is 10.8 Å². The van der Waals surface area contributed by atoms with Gasteiger partial charge >= 0.3 is 0 Å². The van der Waals surface area contributed by atoms with Crippen LogP contribution >= 0.6 is 11.3 Å². The van der Waals surface area contributed by atoms with Gasteiger partial charge in [-0.3, -0.25) is 4.98 Å². The Morgan fingerprint density at radius 3 is 2.75 bits per heavy atom. The van der Waals surface area contributed by atoms with Crippen LogP contribution in [0.1, 0.15) is 31.6 Å². The minimum absolute atomic E-state index is 0.00986. The maximum atomic E-state index is 10.5. The number of aromatic nitrogens is 1. The molecule has 1 aliphatic carbocycles. The van der Waals surface area contributed by atoms with E-state index in [0.717, 1.165) is 19.3 Å². The molecule has 0 saturated heterocycles. The molecule has 0 amide bonds. The molecule has 16 heavy (non-hydrogen) atoms. The topological polar surface area (TPSA) is 59.1 Å². The van der Waals surface area contributed by atoms with E-state index in [9.17, 15) is 5.11 Å². The first-order valence-electron chi connectivity index (χ1n) is 5.76. The highest BCUT2D eigenvalue weighted by Gasteiger charge is 2.50. The van der Waals surface area contributed by atoms with Crippen molar-refractivity contribution in [1.82, 2.24) is 4.98 Å². The minimum Gasteiger partial charge on any atom is -0.392 e. The first-order chi connectivity index (χ1) is 7.50. The van der Waals surface area contributed by atoms with Gasteiger partial charge in [-0.2, -0.15) is 0 Å². The number of aliphatic hydroxyl groups excluding tert-OH is 1. The smallest absolute Gasteiger partial charge is 0.0794 e. The second kappa shape index (κ2) is 4.09. The molecule has 0 aliphatic heterocycles. The highest BCUT2D eigenvalue weighted by Crippen LogP contribution is 2.50. The van der Waals surface area contributed by atoms with Crippen LogP contribution in [0.3, 0.4) is 0 Å². The summed E-state index contributed by atoms with van der Waals surface area (Å²) in [7, 11) is 0. The van der Waals surface area contributed by atoms with Crippen molar-refractivity contribution in [3.8, 4) is 0 Å². The lowest BCUT2D eigenvalue weighted by Crippen LogP contribution is -2.44. The third-order valence-corrected chi connectivity index (χ3v) is 4.78. The second-order valence-corrected chi connectivity index (χ2v) is 6.57. The minimum atomic E-state index is -0.313. The van der Waals surface area contributed by atoms with Crippen LogP contribution < -0.4 is 5.73 Å². The highest BCUT2D eigenvalue weighted by molar-refractivity contribution is 7.09. The van der Waals surface area contributed by atoms with Gasteiger partial charge in [0, 0.05) is 23.0 Å². The lowest BCUT2D eigenvalue weighted by atomic mass is 9.76. The molecule has 2 rings (SSSR count). The molecule has 1 aromatic rings. The molecule has 2 atom stereocenters. The number of rotatable bonds is 3. The Morgan fingerprint density at radius 1 is 1.56 bits per heavy atom. The Labute approximate surface area is 101 Å². The fourth-order valence-electron chi connectivity index (χ4n) is 2.82. The van der Waals surface area contributed by atoms with Crippen molar-refractivity contribution < 1.29 is 5.11 Å². The zero-order chi connectivity index (χ0) is 11.8. The lowest BCUT2D eigenvalue weighted by Gasteiger charge is -2.35. The molecule has 3 nitrogen and oxygen atoms in total. The van der Waals surface area contributed by atoms with E-state index in [1.54, 1.807) is 11.3 Å². The largest absolute Gasteiger partial charge is 0.392 e. The van der Waals surface area contributed by atoms with Gasteiger partial charge in [-0.05, 0) is 24.7 Å². The fourth-order valence-corrected chi connectivity index (χ4v) is 3.57. The van der Waals surface area contributed by atoms with Crippen LogP contribution in [0.4, 0.5) is 0 Å². The summed E-state index contributed by atoms with van der Waals surface area (Å²) >= 11 is 1.65. The van der Waals surface area contributed by atoms with Gasteiger partial charge in [-0.1, -0.05) is 13.8 Å². The molecular formula is C12H20N2OS. The summed E-state index contributed by atoms with van der Waals surface area (Å²) in [6.07, 6.45) is 4.49. The molecule has 1 saturated carbocycles. The van der Waals surface area contributed by atoms with E-state index in [0.29, 0.717) is 6.54 Å². The predicted octanol–water partition coefficient (Wildman–Crippen LogP) is 1.81. The van der Waals surface area contributed by atoms with E-state index < -0.39 is 0 Å². The van der Waals surface area contributed by atoms with Crippen LogP contribution in [-0.2, 0) is 6.42 Å². The standard InChI is InChI=1S/C12H20N2OS/c1-11(2)3-4-12(7-13,10(11)15)5-9-6-14-8-16-9/h6,8,10,15H,3-5,7,13H2,1-2H3. The summed E-state index contributed by atoms with van der Waals surface area (Å²) in [5, 5.41) is 10.5. The van der Waals surface area contributed by atoms with Gasteiger partial charge in [0.2, 0.25) is 0 Å². The number of hydrogen-bond donors (Lipinski definition) is 2. The molecule has 3 N–H and O–H groups in total. The van der Waals surface area contributed by atoms with Crippen LogP contribution in [0.25, 0.3) is 0 Å². The molecule has 0 spiro atoms. The number of nitrogens with two attached hydrogens (primary N) is 1. The summed E-state index contributed by atoms with van der Waals surface area (Å²) in [6.45, 7) is 4.80. The molecule has 2 unspecified atom stereocenters. The summed E-state index contributed by atoms with van der Waals surface area (Å²) in [4.78, 5) is 5.31. The Balaban J connectivity index is 2.21. The van der Waals surface area contributed by atoms with E-state index in [4.69, 9.17) is 5.73 Å². The molecule has 90 valence electrons. The van der Waals surface area contributed by atoms with Crippen molar-refractivity contribution in [3.05, 3.63) is 16.6 Å². The monoisotopic (exact) mass is 240 g/mol. The lowest BCUT2D eigenvalue weighted by molar-refractivity contribution is -0.00428. The molecule has 1 aliphatic rings. The first kappa shape index (κ1) is 12.0.